The topological polar surface area (TPSA) is 32.7 Å². The summed E-state index contributed by atoms with van der Waals surface area (Å²) in [6.07, 6.45) is -2.56. The zero-order valence-corrected chi connectivity index (χ0v) is 12.3. The Morgan fingerprint density at radius 2 is 2.00 bits per heavy atom. The van der Waals surface area contributed by atoms with Crippen molar-refractivity contribution in [1.82, 2.24) is 4.90 Å². The molecule has 120 valence electrons. The number of hydrogen-bond donors (Lipinski definition) is 1. The lowest BCUT2D eigenvalue weighted by molar-refractivity contribution is -0.149. The number of phenolic OH excluding ortho intramolecular Hbond substituents is 1. The fraction of sp³-hybridized carbons (Fsp3) is 0.571. The molecule has 2 rings (SSSR count). The molecule has 1 atom stereocenters. The average molecular weight is 326 g/mol. The summed E-state index contributed by atoms with van der Waals surface area (Å²) in [4.78, 5) is 1.42. The van der Waals surface area contributed by atoms with Crippen molar-refractivity contribution in [2.75, 3.05) is 26.2 Å². The van der Waals surface area contributed by atoms with E-state index in [0.29, 0.717) is 25.4 Å². The van der Waals surface area contributed by atoms with Crippen molar-refractivity contribution in [2.45, 2.75) is 19.0 Å². The number of piperidine rings is 1. The van der Waals surface area contributed by atoms with E-state index in [1.54, 1.807) is 18.2 Å². The zero-order chi connectivity index (χ0) is 14.6. The summed E-state index contributed by atoms with van der Waals surface area (Å²) in [5.41, 5.74) is 0. The third-order valence-corrected chi connectivity index (χ3v) is 3.35. The van der Waals surface area contributed by atoms with E-state index >= 15 is 0 Å². The van der Waals surface area contributed by atoms with Crippen LogP contribution in [-0.4, -0.2) is 42.4 Å². The molecule has 0 aromatic heterocycles. The van der Waals surface area contributed by atoms with Crippen LogP contribution < -0.4 is 4.74 Å². The molecular weight excluding hydrogens is 307 g/mol. The lowest BCUT2D eigenvalue weighted by Gasteiger charge is -2.32. The lowest BCUT2D eigenvalue weighted by Crippen LogP contribution is -2.42. The van der Waals surface area contributed by atoms with Gasteiger partial charge in [0.1, 0.15) is 0 Å². The molecule has 1 fully saturated rings. The van der Waals surface area contributed by atoms with Crippen molar-refractivity contribution < 1.29 is 23.0 Å². The Bertz CT molecular complexity index is 442. The van der Waals surface area contributed by atoms with Gasteiger partial charge >= 0.3 is 6.18 Å². The van der Waals surface area contributed by atoms with Gasteiger partial charge in [-0.15, -0.1) is 12.4 Å². The van der Waals surface area contributed by atoms with Gasteiger partial charge < -0.3 is 9.84 Å². The summed E-state index contributed by atoms with van der Waals surface area (Å²) in [6, 6.07) is 6.59. The van der Waals surface area contributed by atoms with Crippen LogP contribution in [0.15, 0.2) is 24.3 Å². The molecule has 1 aromatic carbocycles. The molecule has 0 saturated carbocycles. The molecule has 1 aliphatic rings. The number of hydrogen-bond acceptors (Lipinski definition) is 3. The fourth-order valence-electron chi connectivity index (χ4n) is 2.47. The summed E-state index contributed by atoms with van der Waals surface area (Å²) >= 11 is 0. The number of benzene rings is 1. The minimum atomic E-state index is -4.15. The Kier molecular flexibility index (Phi) is 6.61. The molecule has 1 aliphatic heterocycles. The number of alkyl halides is 3. The minimum absolute atomic E-state index is 0. The van der Waals surface area contributed by atoms with Crippen LogP contribution in [0, 0.1) is 5.92 Å². The first-order chi connectivity index (χ1) is 9.44. The van der Waals surface area contributed by atoms with E-state index in [0.717, 1.165) is 12.8 Å². The largest absolute Gasteiger partial charge is 0.504 e. The van der Waals surface area contributed by atoms with Crippen LogP contribution in [-0.2, 0) is 0 Å². The fourth-order valence-corrected chi connectivity index (χ4v) is 2.47. The number of nitrogens with zero attached hydrogens (tertiary/aromatic N) is 1. The number of phenols is 1. The highest BCUT2D eigenvalue weighted by atomic mass is 35.5. The molecule has 0 aliphatic carbocycles. The summed E-state index contributed by atoms with van der Waals surface area (Å²) in [5, 5.41) is 9.56. The number of para-hydroxylation sites is 2. The Hall–Kier alpha value is -1.14. The molecule has 1 saturated heterocycles. The van der Waals surface area contributed by atoms with Crippen molar-refractivity contribution in [2.24, 2.45) is 5.92 Å². The van der Waals surface area contributed by atoms with Crippen molar-refractivity contribution in [3.63, 3.8) is 0 Å². The van der Waals surface area contributed by atoms with Gasteiger partial charge in [0.05, 0.1) is 13.2 Å². The monoisotopic (exact) mass is 325 g/mol. The Morgan fingerprint density at radius 1 is 1.29 bits per heavy atom. The normalized spacial score (nSPS) is 19.9. The second-order valence-corrected chi connectivity index (χ2v) is 5.14. The SMILES string of the molecule is Cl.Oc1ccccc1OC[C@@H]1CCCN(CC(F)(F)F)C1. The molecule has 0 unspecified atom stereocenters. The van der Waals surface area contributed by atoms with Gasteiger partial charge in [-0.3, -0.25) is 4.90 Å². The van der Waals surface area contributed by atoms with Crippen LogP contribution in [0.1, 0.15) is 12.8 Å². The summed E-state index contributed by atoms with van der Waals surface area (Å²) in [6.45, 7) is 0.325. The van der Waals surface area contributed by atoms with Gasteiger partial charge in [0, 0.05) is 12.5 Å². The predicted octanol–water partition coefficient (Wildman–Crippen LogP) is 3.47. The number of rotatable bonds is 4. The maximum Gasteiger partial charge on any atom is 0.401 e. The van der Waals surface area contributed by atoms with Crippen molar-refractivity contribution >= 4 is 12.4 Å². The van der Waals surface area contributed by atoms with E-state index in [2.05, 4.69) is 0 Å². The summed E-state index contributed by atoms with van der Waals surface area (Å²) in [5.74, 6) is 0.488. The quantitative estimate of drug-likeness (QED) is 0.920. The molecule has 21 heavy (non-hydrogen) atoms. The van der Waals surface area contributed by atoms with Crippen LogP contribution in [0.25, 0.3) is 0 Å². The van der Waals surface area contributed by atoms with E-state index in [1.165, 1.54) is 11.0 Å². The van der Waals surface area contributed by atoms with Gasteiger partial charge in [-0.1, -0.05) is 12.1 Å². The smallest absolute Gasteiger partial charge is 0.401 e. The van der Waals surface area contributed by atoms with Crippen LogP contribution >= 0.6 is 12.4 Å². The third-order valence-electron chi connectivity index (χ3n) is 3.35. The molecule has 0 amide bonds. The molecule has 7 heteroatoms. The third kappa shape index (κ3) is 6.01. The first kappa shape index (κ1) is 17.9. The van der Waals surface area contributed by atoms with Crippen molar-refractivity contribution in [3.8, 4) is 11.5 Å². The first-order valence-electron chi connectivity index (χ1n) is 6.64. The second-order valence-electron chi connectivity index (χ2n) is 5.14. The van der Waals surface area contributed by atoms with Gasteiger partial charge in [0.25, 0.3) is 0 Å². The van der Waals surface area contributed by atoms with Gasteiger partial charge in [-0.25, -0.2) is 0 Å². The van der Waals surface area contributed by atoms with Gasteiger partial charge in [-0.2, -0.15) is 13.2 Å². The molecule has 0 bridgehead atoms. The van der Waals surface area contributed by atoms with E-state index < -0.39 is 12.7 Å². The first-order valence-corrected chi connectivity index (χ1v) is 6.64. The van der Waals surface area contributed by atoms with Crippen LogP contribution in [0.2, 0.25) is 0 Å². The zero-order valence-electron chi connectivity index (χ0n) is 11.5. The number of halogens is 4. The highest BCUT2D eigenvalue weighted by Crippen LogP contribution is 2.27. The summed E-state index contributed by atoms with van der Waals surface area (Å²) in [7, 11) is 0. The molecule has 1 aromatic rings. The average Bonchev–Trinajstić information content (AvgIpc) is 2.36. The standard InChI is InChI=1S/C14H18F3NO2.ClH/c15-14(16,17)10-18-7-3-4-11(8-18)9-20-13-6-2-1-5-12(13)19;/h1-2,5-6,11,19H,3-4,7-10H2;1H/t11-;/m1./s1. The van der Waals surface area contributed by atoms with Gasteiger partial charge in [0.15, 0.2) is 11.5 Å². The Labute approximate surface area is 128 Å². The Balaban J connectivity index is 0.00000220. The highest BCUT2D eigenvalue weighted by molar-refractivity contribution is 5.85. The van der Waals surface area contributed by atoms with E-state index in [-0.39, 0.29) is 24.1 Å². The van der Waals surface area contributed by atoms with Crippen LogP contribution in [0.4, 0.5) is 13.2 Å². The molecule has 1 heterocycles. The number of likely N-dealkylation sites (tertiary alicyclic amines) is 1. The molecular formula is C14H19ClF3NO2. The number of aromatic hydroxyl groups is 1. The van der Waals surface area contributed by atoms with Gasteiger partial charge in [0.2, 0.25) is 0 Å². The van der Waals surface area contributed by atoms with Crippen LogP contribution in [0.5, 0.6) is 11.5 Å². The van der Waals surface area contributed by atoms with Crippen LogP contribution in [0.3, 0.4) is 0 Å². The van der Waals surface area contributed by atoms with Crippen molar-refractivity contribution in [3.05, 3.63) is 24.3 Å². The maximum atomic E-state index is 12.4. The van der Waals surface area contributed by atoms with E-state index in [9.17, 15) is 18.3 Å². The lowest BCUT2D eigenvalue weighted by atomic mass is 9.99. The van der Waals surface area contributed by atoms with E-state index in [1.807, 2.05) is 0 Å². The van der Waals surface area contributed by atoms with Gasteiger partial charge in [-0.05, 0) is 31.5 Å². The highest BCUT2D eigenvalue weighted by Gasteiger charge is 2.33. The molecule has 3 nitrogen and oxygen atoms in total. The van der Waals surface area contributed by atoms with E-state index in [4.69, 9.17) is 4.74 Å². The van der Waals surface area contributed by atoms with Crippen molar-refractivity contribution in [1.29, 1.82) is 0 Å². The molecule has 0 radical (unpaired) electrons. The molecule has 1 N–H and O–H groups in total. The second kappa shape index (κ2) is 7.75. The maximum absolute atomic E-state index is 12.4. The Morgan fingerprint density at radius 3 is 2.67 bits per heavy atom. The molecule has 0 spiro atoms. The number of ether oxygens (including phenoxy) is 1. The minimum Gasteiger partial charge on any atom is -0.504 e. The predicted molar refractivity (Wildman–Crippen MR) is 76.1 cm³/mol. The summed E-state index contributed by atoms with van der Waals surface area (Å²) < 4.78 is 42.6.